The molecule has 1 aliphatic rings. The van der Waals surface area contributed by atoms with E-state index in [1.54, 1.807) is 15.4 Å². The molecule has 1 N–H and O–H groups in total. The fourth-order valence-corrected chi connectivity index (χ4v) is 5.05. The Morgan fingerprint density at radius 1 is 1.16 bits per heavy atom. The van der Waals surface area contributed by atoms with Gasteiger partial charge in [0, 0.05) is 17.9 Å². The monoisotopic (exact) mass is 445 g/mol. The van der Waals surface area contributed by atoms with Gasteiger partial charge in [0.05, 0.1) is 17.9 Å². The number of amides is 1. The van der Waals surface area contributed by atoms with E-state index in [2.05, 4.69) is 24.3 Å². The van der Waals surface area contributed by atoms with Gasteiger partial charge in [-0.2, -0.15) is 5.10 Å². The number of thioether (sulfide) groups is 1. The first kappa shape index (κ1) is 20.5. The highest BCUT2D eigenvalue weighted by Crippen LogP contribution is 2.33. The molecule has 0 saturated carbocycles. The molecule has 7 nitrogen and oxygen atoms in total. The number of nitrogens with zero attached hydrogens (tertiary/aromatic N) is 4. The van der Waals surface area contributed by atoms with Crippen LogP contribution in [0.2, 0.25) is 0 Å². The molecule has 1 atom stereocenters. The smallest absolute Gasteiger partial charge is 0.265 e. The summed E-state index contributed by atoms with van der Waals surface area (Å²) in [4.78, 5) is 30.6. The summed E-state index contributed by atoms with van der Waals surface area (Å²) in [6.07, 6.45) is 1.77. The topological polar surface area (TPSA) is 81.8 Å². The summed E-state index contributed by atoms with van der Waals surface area (Å²) in [6.45, 7) is 4.27. The molecule has 8 heteroatoms. The molecular weight excluding hydrogens is 422 g/mol. The number of fused-ring (bicyclic) bond motifs is 2. The lowest BCUT2D eigenvalue weighted by Gasteiger charge is -2.14. The third-order valence-corrected chi connectivity index (χ3v) is 6.75. The zero-order valence-electron chi connectivity index (χ0n) is 17.9. The predicted molar refractivity (Wildman–Crippen MR) is 127 cm³/mol. The Kier molecular flexibility index (Phi) is 5.30. The van der Waals surface area contributed by atoms with E-state index in [0.29, 0.717) is 27.9 Å². The first-order valence-electron chi connectivity index (χ1n) is 10.6. The maximum atomic E-state index is 13.2. The number of rotatable bonds is 5. The summed E-state index contributed by atoms with van der Waals surface area (Å²) >= 11 is 1.50. The number of nitrogens with one attached hydrogen (secondary N) is 1. The molecule has 162 valence electrons. The first-order chi connectivity index (χ1) is 15.5. The Bertz CT molecular complexity index is 1340. The maximum absolute atomic E-state index is 13.2. The summed E-state index contributed by atoms with van der Waals surface area (Å²) in [7, 11) is 0. The van der Waals surface area contributed by atoms with Crippen LogP contribution in [0, 0.1) is 0 Å². The van der Waals surface area contributed by atoms with Crippen LogP contribution in [0.4, 0.5) is 5.69 Å². The second kappa shape index (κ2) is 8.27. The van der Waals surface area contributed by atoms with Crippen LogP contribution in [-0.2, 0) is 4.79 Å². The van der Waals surface area contributed by atoms with Crippen molar-refractivity contribution in [3.05, 3.63) is 76.7 Å². The van der Waals surface area contributed by atoms with Crippen molar-refractivity contribution < 1.29 is 4.79 Å². The number of para-hydroxylation sites is 1. The van der Waals surface area contributed by atoms with Crippen LogP contribution in [0.1, 0.15) is 37.8 Å². The Morgan fingerprint density at radius 3 is 2.62 bits per heavy atom. The molecule has 32 heavy (non-hydrogen) atoms. The number of anilines is 1. The Hall–Kier alpha value is -3.39. The molecule has 2 aromatic carbocycles. The molecular formula is C24H23N5O2S. The van der Waals surface area contributed by atoms with Crippen LogP contribution in [-0.4, -0.2) is 31.0 Å². The number of carbonyl (C=O) groups is 1. The standard InChI is InChI=1S/C24H23N5O2S/c1-15(2)16-8-10-17(11-9-16)26-21(30)12-19-14-32-24-27-22-20(23(31)28(19)24)13-25-29(22)18-6-4-3-5-7-18/h3-11,13,15,19H,12,14H2,1-2H3,(H,26,30). The van der Waals surface area contributed by atoms with Gasteiger partial charge in [0.25, 0.3) is 5.56 Å². The maximum Gasteiger partial charge on any atom is 0.265 e. The van der Waals surface area contributed by atoms with Crippen LogP contribution >= 0.6 is 11.8 Å². The fourth-order valence-electron chi connectivity index (χ4n) is 3.92. The lowest BCUT2D eigenvalue weighted by molar-refractivity contribution is -0.116. The number of hydrogen-bond donors (Lipinski definition) is 1. The van der Waals surface area contributed by atoms with Crippen LogP contribution in [0.5, 0.6) is 0 Å². The average molecular weight is 446 g/mol. The summed E-state index contributed by atoms with van der Waals surface area (Å²) in [5.41, 5.74) is 3.21. The van der Waals surface area contributed by atoms with Crippen LogP contribution in [0.15, 0.2) is 70.7 Å². The van der Waals surface area contributed by atoms with Crippen molar-refractivity contribution in [2.75, 3.05) is 11.1 Å². The molecule has 1 unspecified atom stereocenters. The number of benzene rings is 2. The van der Waals surface area contributed by atoms with Gasteiger partial charge in [0.2, 0.25) is 5.91 Å². The normalized spacial score (nSPS) is 15.3. The van der Waals surface area contributed by atoms with Gasteiger partial charge in [-0.05, 0) is 35.7 Å². The number of carbonyl (C=O) groups excluding carboxylic acids is 1. The highest BCUT2D eigenvalue weighted by atomic mass is 32.2. The molecule has 0 saturated heterocycles. The SMILES string of the molecule is CC(C)c1ccc(NC(=O)CC2CSc3nc4c(cnn4-c4ccccc4)c(=O)n32)cc1. The summed E-state index contributed by atoms with van der Waals surface area (Å²) in [6, 6.07) is 17.3. The predicted octanol–water partition coefficient (Wildman–Crippen LogP) is 4.38. The van der Waals surface area contributed by atoms with E-state index in [1.807, 2.05) is 54.6 Å². The van der Waals surface area contributed by atoms with E-state index in [0.717, 1.165) is 11.4 Å². The van der Waals surface area contributed by atoms with Gasteiger partial charge in [0.15, 0.2) is 10.8 Å². The van der Waals surface area contributed by atoms with Gasteiger partial charge in [0.1, 0.15) is 5.39 Å². The molecule has 2 aromatic heterocycles. The molecule has 0 radical (unpaired) electrons. The fraction of sp³-hybridized carbons (Fsp3) is 0.250. The van der Waals surface area contributed by atoms with Crippen LogP contribution < -0.4 is 10.9 Å². The van der Waals surface area contributed by atoms with Crippen molar-refractivity contribution in [3.8, 4) is 5.69 Å². The molecule has 0 spiro atoms. The average Bonchev–Trinajstić information content (AvgIpc) is 3.40. The Balaban J connectivity index is 1.39. The van der Waals surface area contributed by atoms with Crippen molar-refractivity contribution >= 4 is 34.4 Å². The van der Waals surface area contributed by atoms with E-state index in [-0.39, 0.29) is 23.9 Å². The van der Waals surface area contributed by atoms with E-state index in [4.69, 9.17) is 4.98 Å². The number of hydrogen-bond acceptors (Lipinski definition) is 5. The van der Waals surface area contributed by atoms with Crippen molar-refractivity contribution in [1.29, 1.82) is 0 Å². The lowest BCUT2D eigenvalue weighted by Crippen LogP contribution is -2.27. The second-order valence-electron chi connectivity index (χ2n) is 8.19. The largest absolute Gasteiger partial charge is 0.326 e. The molecule has 0 fully saturated rings. The van der Waals surface area contributed by atoms with Gasteiger partial charge in [-0.3, -0.25) is 14.2 Å². The van der Waals surface area contributed by atoms with Gasteiger partial charge >= 0.3 is 0 Å². The molecule has 0 bridgehead atoms. The molecule has 1 amide bonds. The van der Waals surface area contributed by atoms with Gasteiger partial charge in [-0.1, -0.05) is 55.9 Å². The summed E-state index contributed by atoms with van der Waals surface area (Å²) in [5, 5.41) is 8.41. The second-order valence-corrected chi connectivity index (χ2v) is 9.18. The van der Waals surface area contributed by atoms with E-state index < -0.39 is 0 Å². The molecule has 1 aliphatic heterocycles. The molecule has 5 rings (SSSR count). The van der Waals surface area contributed by atoms with Gasteiger partial charge < -0.3 is 5.32 Å². The van der Waals surface area contributed by atoms with Crippen molar-refractivity contribution in [2.24, 2.45) is 0 Å². The third-order valence-electron chi connectivity index (χ3n) is 5.65. The summed E-state index contributed by atoms with van der Waals surface area (Å²) in [5.74, 6) is 0.954. The summed E-state index contributed by atoms with van der Waals surface area (Å²) < 4.78 is 3.32. The number of aromatic nitrogens is 4. The Labute approximate surface area is 189 Å². The quantitative estimate of drug-likeness (QED) is 0.461. The van der Waals surface area contributed by atoms with E-state index >= 15 is 0 Å². The van der Waals surface area contributed by atoms with Crippen molar-refractivity contribution in [1.82, 2.24) is 19.3 Å². The third kappa shape index (κ3) is 3.71. The van der Waals surface area contributed by atoms with Crippen molar-refractivity contribution in [2.45, 2.75) is 37.4 Å². The zero-order valence-corrected chi connectivity index (χ0v) is 18.7. The highest BCUT2D eigenvalue weighted by Gasteiger charge is 2.29. The zero-order chi connectivity index (χ0) is 22.2. The van der Waals surface area contributed by atoms with Crippen LogP contribution in [0.25, 0.3) is 16.7 Å². The highest BCUT2D eigenvalue weighted by molar-refractivity contribution is 7.99. The van der Waals surface area contributed by atoms with Gasteiger partial charge in [-0.25, -0.2) is 9.67 Å². The molecule has 3 heterocycles. The van der Waals surface area contributed by atoms with Crippen molar-refractivity contribution in [3.63, 3.8) is 0 Å². The van der Waals surface area contributed by atoms with Gasteiger partial charge in [-0.15, -0.1) is 0 Å². The lowest BCUT2D eigenvalue weighted by atomic mass is 10.0. The Morgan fingerprint density at radius 2 is 1.91 bits per heavy atom. The van der Waals surface area contributed by atoms with E-state index in [1.165, 1.54) is 17.3 Å². The molecule has 4 aromatic rings. The van der Waals surface area contributed by atoms with Crippen LogP contribution in [0.3, 0.4) is 0 Å². The van der Waals surface area contributed by atoms with E-state index in [9.17, 15) is 9.59 Å². The molecule has 0 aliphatic carbocycles. The minimum atomic E-state index is -0.241. The minimum absolute atomic E-state index is 0.118. The minimum Gasteiger partial charge on any atom is -0.326 e. The first-order valence-corrected chi connectivity index (χ1v) is 11.6.